The molecular formula is C14H17F2N. The first kappa shape index (κ1) is 12.2. The molecule has 0 saturated heterocycles. The fourth-order valence-electron chi connectivity index (χ4n) is 2.47. The number of rotatable bonds is 3. The van der Waals surface area contributed by atoms with Crippen LogP contribution >= 0.6 is 0 Å². The molecule has 0 unspecified atom stereocenters. The second kappa shape index (κ2) is 4.22. The fourth-order valence-corrected chi connectivity index (χ4v) is 2.47. The van der Waals surface area contributed by atoms with E-state index in [0.717, 1.165) is 11.1 Å². The lowest BCUT2D eigenvalue weighted by Gasteiger charge is -2.47. The second-order valence-corrected chi connectivity index (χ2v) is 4.93. The highest BCUT2D eigenvalue weighted by atomic mass is 19.3. The zero-order valence-electron chi connectivity index (χ0n) is 9.92. The molecule has 0 radical (unpaired) electrons. The first-order chi connectivity index (χ1) is 7.97. The van der Waals surface area contributed by atoms with Crippen LogP contribution in [0.25, 0.3) is 6.08 Å². The van der Waals surface area contributed by atoms with Gasteiger partial charge in [0.25, 0.3) is 0 Å². The van der Waals surface area contributed by atoms with Gasteiger partial charge in [-0.25, -0.2) is 8.78 Å². The summed E-state index contributed by atoms with van der Waals surface area (Å²) in [7, 11) is 0. The van der Waals surface area contributed by atoms with Gasteiger partial charge in [-0.1, -0.05) is 42.0 Å². The van der Waals surface area contributed by atoms with Gasteiger partial charge in [-0.15, -0.1) is 0 Å². The topological polar surface area (TPSA) is 26.0 Å². The molecule has 0 aromatic heterocycles. The first-order valence-electron chi connectivity index (χ1n) is 5.79. The van der Waals surface area contributed by atoms with Gasteiger partial charge in [0.15, 0.2) is 0 Å². The van der Waals surface area contributed by atoms with Crippen molar-refractivity contribution in [2.24, 2.45) is 11.1 Å². The Morgan fingerprint density at radius 2 is 1.88 bits per heavy atom. The quantitative estimate of drug-likeness (QED) is 0.856. The van der Waals surface area contributed by atoms with Crippen LogP contribution in [0.2, 0.25) is 0 Å². The molecule has 17 heavy (non-hydrogen) atoms. The maximum atomic E-state index is 13.0. The Kier molecular flexibility index (Phi) is 3.04. The summed E-state index contributed by atoms with van der Waals surface area (Å²) in [6.07, 6.45) is 1.72. The van der Waals surface area contributed by atoms with Crippen molar-refractivity contribution in [3.05, 3.63) is 41.5 Å². The zero-order valence-corrected chi connectivity index (χ0v) is 9.92. The van der Waals surface area contributed by atoms with Crippen molar-refractivity contribution in [1.82, 2.24) is 0 Å². The van der Waals surface area contributed by atoms with Gasteiger partial charge in [-0.2, -0.15) is 0 Å². The summed E-state index contributed by atoms with van der Waals surface area (Å²) in [4.78, 5) is 0. The smallest absolute Gasteiger partial charge is 0.249 e. The summed E-state index contributed by atoms with van der Waals surface area (Å²) < 4.78 is 26.1. The zero-order chi connectivity index (χ0) is 12.5. The maximum absolute atomic E-state index is 13.0. The van der Waals surface area contributed by atoms with Gasteiger partial charge in [0.2, 0.25) is 5.92 Å². The number of halogens is 2. The van der Waals surface area contributed by atoms with Crippen molar-refractivity contribution in [3.63, 3.8) is 0 Å². The molecule has 0 atom stereocenters. The van der Waals surface area contributed by atoms with Gasteiger partial charge in [0.1, 0.15) is 0 Å². The highest BCUT2D eigenvalue weighted by Gasteiger charge is 2.56. The van der Waals surface area contributed by atoms with E-state index in [1.807, 2.05) is 43.3 Å². The molecule has 0 aliphatic heterocycles. The Bertz CT molecular complexity index is 415. The van der Waals surface area contributed by atoms with Crippen LogP contribution in [-0.2, 0) is 0 Å². The number of hydrogen-bond donors (Lipinski definition) is 1. The number of benzene rings is 1. The van der Waals surface area contributed by atoms with Crippen molar-refractivity contribution >= 4 is 6.08 Å². The minimum atomic E-state index is -2.54. The Balaban J connectivity index is 2.20. The molecule has 2 rings (SSSR count). The lowest BCUT2D eigenvalue weighted by Crippen LogP contribution is -2.51. The van der Waals surface area contributed by atoms with Crippen molar-refractivity contribution in [2.75, 3.05) is 6.54 Å². The maximum Gasteiger partial charge on any atom is 0.249 e. The second-order valence-electron chi connectivity index (χ2n) is 4.93. The van der Waals surface area contributed by atoms with Crippen LogP contribution in [0.15, 0.2) is 35.9 Å². The normalized spacial score (nSPS) is 22.0. The van der Waals surface area contributed by atoms with Crippen molar-refractivity contribution in [1.29, 1.82) is 0 Å². The predicted molar refractivity (Wildman–Crippen MR) is 65.8 cm³/mol. The Hall–Kier alpha value is -1.22. The lowest BCUT2D eigenvalue weighted by atomic mass is 9.62. The average Bonchev–Trinajstić information content (AvgIpc) is 2.26. The Labute approximate surface area is 100 Å². The Morgan fingerprint density at radius 3 is 2.35 bits per heavy atom. The number of nitrogens with two attached hydrogens (primary N) is 1. The van der Waals surface area contributed by atoms with Gasteiger partial charge in [0.05, 0.1) is 0 Å². The third kappa shape index (κ3) is 2.39. The van der Waals surface area contributed by atoms with E-state index in [4.69, 9.17) is 5.73 Å². The molecule has 1 nitrogen and oxygen atoms in total. The van der Waals surface area contributed by atoms with Gasteiger partial charge < -0.3 is 5.73 Å². The molecule has 0 amide bonds. The van der Waals surface area contributed by atoms with Crippen LogP contribution in [0.3, 0.4) is 0 Å². The van der Waals surface area contributed by atoms with Crippen LogP contribution in [0.1, 0.15) is 25.3 Å². The molecule has 3 heteroatoms. The minimum Gasteiger partial charge on any atom is -0.330 e. The minimum absolute atomic E-state index is 0.119. The van der Waals surface area contributed by atoms with Crippen molar-refractivity contribution in [2.45, 2.75) is 25.7 Å². The van der Waals surface area contributed by atoms with E-state index in [2.05, 4.69) is 0 Å². The van der Waals surface area contributed by atoms with Gasteiger partial charge in [0, 0.05) is 24.8 Å². The van der Waals surface area contributed by atoms with Crippen LogP contribution in [0, 0.1) is 5.41 Å². The van der Waals surface area contributed by atoms with E-state index in [1.165, 1.54) is 0 Å². The van der Waals surface area contributed by atoms with Crippen LogP contribution in [-0.4, -0.2) is 12.5 Å². The standard InChI is InChI=1S/C14H17F2N/c1-11(7-12-5-3-2-4-6-12)13(10-17)8-14(15,16)9-13/h2-7H,8-10,17H2,1H3/b11-7+. The molecule has 92 valence electrons. The fraction of sp³-hybridized carbons (Fsp3) is 0.429. The third-order valence-electron chi connectivity index (χ3n) is 3.60. The van der Waals surface area contributed by atoms with E-state index in [0.29, 0.717) is 0 Å². The van der Waals surface area contributed by atoms with E-state index in [9.17, 15) is 8.78 Å². The molecule has 1 fully saturated rings. The van der Waals surface area contributed by atoms with Gasteiger partial charge in [-0.3, -0.25) is 0 Å². The summed E-state index contributed by atoms with van der Waals surface area (Å²) in [6, 6.07) is 9.73. The highest BCUT2D eigenvalue weighted by molar-refractivity contribution is 5.54. The largest absolute Gasteiger partial charge is 0.330 e. The van der Waals surface area contributed by atoms with Crippen molar-refractivity contribution < 1.29 is 8.78 Å². The molecule has 1 aromatic carbocycles. The SMILES string of the molecule is C/C(=C\c1ccccc1)C1(CN)CC(F)(F)C1. The highest BCUT2D eigenvalue weighted by Crippen LogP contribution is 2.55. The number of alkyl halides is 2. The summed E-state index contributed by atoms with van der Waals surface area (Å²) in [6.45, 7) is 2.19. The molecule has 0 heterocycles. The van der Waals surface area contributed by atoms with Gasteiger partial charge >= 0.3 is 0 Å². The molecule has 1 aromatic rings. The Morgan fingerprint density at radius 1 is 1.29 bits per heavy atom. The molecule has 0 spiro atoms. The van der Waals surface area contributed by atoms with Gasteiger partial charge in [-0.05, 0) is 12.5 Å². The molecule has 1 saturated carbocycles. The summed E-state index contributed by atoms with van der Waals surface area (Å²) in [5.74, 6) is -2.54. The van der Waals surface area contributed by atoms with Crippen molar-refractivity contribution in [3.8, 4) is 0 Å². The lowest BCUT2D eigenvalue weighted by molar-refractivity contribution is -0.141. The van der Waals surface area contributed by atoms with E-state index in [-0.39, 0.29) is 19.4 Å². The predicted octanol–water partition coefficient (Wildman–Crippen LogP) is 3.46. The van der Waals surface area contributed by atoms with Crippen LogP contribution in [0.5, 0.6) is 0 Å². The molecular weight excluding hydrogens is 220 g/mol. The molecule has 2 N–H and O–H groups in total. The first-order valence-corrected chi connectivity index (χ1v) is 5.79. The van der Waals surface area contributed by atoms with Crippen LogP contribution in [0.4, 0.5) is 8.78 Å². The molecule has 1 aliphatic rings. The average molecular weight is 237 g/mol. The van der Waals surface area contributed by atoms with E-state index < -0.39 is 11.3 Å². The van der Waals surface area contributed by atoms with E-state index >= 15 is 0 Å². The summed E-state index contributed by atoms with van der Waals surface area (Å²) in [5, 5.41) is 0. The molecule has 1 aliphatic carbocycles. The molecule has 0 bridgehead atoms. The number of hydrogen-bond acceptors (Lipinski definition) is 1. The summed E-state index contributed by atoms with van der Waals surface area (Å²) >= 11 is 0. The van der Waals surface area contributed by atoms with Crippen LogP contribution < -0.4 is 5.73 Å². The monoisotopic (exact) mass is 237 g/mol. The van der Waals surface area contributed by atoms with E-state index in [1.54, 1.807) is 0 Å². The third-order valence-corrected chi connectivity index (χ3v) is 3.60. The summed E-state index contributed by atoms with van der Waals surface area (Å²) in [5.41, 5.74) is 7.16.